The number of carbonyl (C=O) groups excluding carboxylic acids is 2. The van der Waals surface area contributed by atoms with Crippen molar-refractivity contribution in [2.24, 2.45) is 5.73 Å². The molecule has 0 radical (unpaired) electrons. The number of carbonyl (C=O) groups is 2. The van der Waals surface area contributed by atoms with E-state index in [0.29, 0.717) is 6.42 Å². The van der Waals surface area contributed by atoms with Gasteiger partial charge >= 0.3 is 0 Å². The zero-order chi connectivity index (χ0) is 13.5. The lowest BCUT2D eigenvalue weighted by atomic mass is 10.2. The van der Waals surface area contributed by atoms with Crippen molar-refractivity contribution in [3.63, 3.8) is 0 Å². The van der Waals surface area contributed by atoms with Crippen molar-refractivity contribution in [2.75, 3.05) is 11.1 Å². The van der Waals surface area contributed by atoms with Crippen molar-refractivity contribution in [1.29, 1.82) is 0 Å². The Morgan fingerprint density at radius 1 is 1.44 bits per heavy atom. The number of benzene rings is 1. The molecule has 0 aliphatic carbocycles. The molecule has 0 spiro atoms. The van der Waals surface area contributed by atoms with E-state index >= 15 is 0 Å². The van der Waals surface area contributed by atoms with Crippen molar-refractivity contribution in [3.8, 4) is 0 Å². The highest BCUT2D eigenvalue weighted by atomic mass is 32.2. The summed E-state index contributed by atoms with van der Waals surface area (Å²) in [6, 6.07) is 7.58. The summed E-state index contributed by atoms with van der Waals surface area (Å²) in [4.78, 5) is 22.7. The SMILES string of the molecule is CCC(SCC(=O)Nc1cccc(C)c1)C(N)=O. The fraction of sp³-hybridized carbons (Fsp3) is 0.385. The Morgan fingerprint density at radius 2 is 2.17 bits per heavy atom. The van der Waals surface area contributed by atoms with Crippen LogP contribution >= 0.6 is 11.8 Å². The van der Waals surface area contributed by atoms with Gasteiger partial charge in [-0.1, -0.05) is 19.1 Å². The minimum absolute atomic E-state index is 0.120. The number of thioether (sulfide) groups is 1. The molecule has 1 aromatic carbocycles. The average Bonchev–Trinajstić information content (AvgIpc) is 2.29. The highest BCUT2D eigenvalue weighted by Gasteiger charge is 2.15. The second-order valence-electron chi connectivity index (χ2n) is 4.03. The molecule has 0 bridgehead atoms. The van der Waals surface area contributed by atoms with E-state index in [0.717, 1.165) is 11.3 Å². The van der Waals surface area contributed by atoms with E-state index < -0.39 is 0 Å². The van der Waals surface area contributed by atoms with E-state index in [-0.39, 0.29) is 22.8 Å². The Morgan fingerprint density at radius 3 is 2.72 bits per heavy atom. The number of nitrogens with one attached hydrogen (secondary N) is 1. The predicted octanol–water partition coefficient (Wildman–Crippen LogP) is 1.93. The van der Waals surface area contributed by atoms with Crippen LogP contribution < -0.4 is 11.1 Å². The van der Waals surface area contributed by atoms with Crippen molar-refractivity contribution < 1.29 is 9.59 Å². The van der Waals surface area contributed by atoms with E-state index in [2.05, 4.69) is 5.32 Å². The first kappa shape index (κ1) is 14.6. The molecule has 1 unspecified atom stereocenters. The van der Waals surface area contributed by atoms with Crippen LogP contribution in [0.1, 0.15) is 18.9 Å². The van der Waals surface area contributed by atoms with Crippen LogP contribution in [0.5, 0.6) is 0 Å². The third-order valence-electron chi connectivity index (χ3n) is 2.41. The van der Waals surface area contributed by atoms with Gasteiger partial charge in [0.25, 0.3) is 0 Å². The highest BCUT2D eigenvalue weighted by molar-refractivity contribution is 8.01. The van der Waals surface area contributed by atoms with Gasteiger partial charge in [0.2, 0.25) is 11.8 Å². The molecule has 0 heterocycles. The molecule has 98 valence electrons. The fourth-order valence-corrected chi connectivity index (χ4v) is 2.32. The summed E-state index contributed by atoms with van der Waals surface area (Å²) < 4.78 is 0. The third kappa shape index (κ3) is 4.79. The smallest absolute Gasteiger partial charge is 0.234 e. The molecule has 1 aromatic rings. The predicted molar refractivity (Wildman–Crippen MR) is 75.5 cm³/mol. The topological polar surface area (TPSA) is 72.2 Å². The second kappa shape index (κ2) is 7.06. The van der Waals surface area contributed by atoms with Gasteiger partial charge < -0.3 is 11.1 Å². The van der Waals surface area contributed by atoms with Gasteiger partial charge in [-0.3, -0.25) is 9.59 Å². The summed E-state index contributed by atoms with van der Waals surface area (Å²) in [7, 11) is 0. The van der Waals surface area contributed by atoms with Crippen LogP contribution in [0.15, 0.2) is 24.3 Å². The van der Waals surface area contributed by atoms with E-state index in [1.807, 2.05) is 38.1 Å². The summed E-state index contributed by atoms with van der Waals surface area (Å²) in [5.74, 6) is -0.258. The van der Waals surface area contributed by atoms with Gasteiger partial charge in [-0.2, -0.15) is 0 Å². The molecule has 2 amide bonds. The molecule has 1 atom stereocenters. The van der Waals surface area contributed by atoms with Crippen molar-refractivity contribution >= 4 is 29.3 Å². The Hall–Kier alpha value is -1.49. The Bertz CT molecular complexity index is 435. The van der Waals surface area contributed by atoms with Gasteiger partial charge in [-0.15, -0.1) is 11.8 Å². The zero-order valence-electron chi connectivity index (χ0n) is 10.6. The molecular formula is C13H18N2O2S. The first-order valence-corrected chi connectivity index (χ1v) is 6.85. The summed E-state index contributed by atoms with van der Waals surface area (Å²) in [5.41, 5.74) is 7.07. The summed E-state index contributed by atoms with van der Waals surface area (Å²) in [6.07, 6.45) is 0.637. The molecule has 0 fully saturated rings. The summed E-state index contributed by atoms with van der Waals surface area (Å²) in [5, 5.41) is 2.49. The second-order valence-corrected chi connectivity index (χ2v) is 5.22. The number of amides is 2. The van der Waals surface area contributed by atoms with Crippen LogP contribution in [0.3, 0.4) is 0 Å². The summed E-state index contributed by atoms with van der Waals surface area (Å²) in [6.45, 7) is 3.84. The standard InChI is InChI=1S/C13H18N2O2S/c1-3-11(13(14)17)18-8-12(16)15-10-6-4-5-9(2)7-10/h4-7,11H,3,8H2,1-2H3,(H2,14,17)(H,15,16). The molecule has 18 heavy (non-hydrogen) atoms. The van der Waals surface area contributed by atoms with Gasteiger partial charge in [0.05, 0.1) is 11.0 Å². The van der Waals surface area contributed by atoms with Gasteiger partial charge in [-0.25, -0.2) is 0 Å². The normalized spacial score (nSPS) is 11.9. The van der Waals surface area contributed by atoms with Gasteiger partial charge in [0, 0.05) is 5.69 Å². The zero-order valence-corrected chi connectivity index (χ0v) is 11.4. The number of hydrogen-bond acceptors (Lipinski definition) is 3. The Balaban J connectivity index is 2.45. The lowest BCUT2D eigenvalue weighted by Crippen LogP contribution is -2.27. The van der Waals surface area contributed by atoms with E-state index in [9.17, 15) is 9.59 Å². The third-order valence-corrected chi connectivity index (χ3v) is 3.80. The van der Waals surface area contributed by atoms with Gasteiger partial charge in [0.1, 0.15) is 0 Å². The molecule has 4 nitrogen and oxygen atoms in total. The molecule has 3 N–H and O–H groups in total. The molecule has 0 saturated heterocycles. The summed E-state index contributed by atoms with van der Waals surface area (Å²) >= 11 is 1.27. The maximum atomic E-state index is 11.7. The van der Waals surface area contributed by atoms with Gasteiger partial charge in [-0.05, 0) is 31.0 Å². The van der Waals surface area contributed by atoms with E-state index in [1.54, 1.807) is 0 Å². The largest absolute Gasteiger partial charge is 0.369 e. The minimum atomic E-state index is -0.370. The number of anilines is 1. The molecule has 1 rings (SSSR count). The van der Waals surface area contributed by atoms with Crippen LogP contribution in [0.2, 0.25) is 0 Å². The Labute approximate surface area is 111 Å². The van der Waals surface area contributed by atoms with Crippen molar-refractivity contribution in [2.45, 2.75) is 25.5 Å². The molecular weight excluding hydrogens is 248 g/mol. The number of nitrogens with two attached hydrogens (primary N) is 1. The first-order valence-electron chi connectivity index (χ1n) is 5.80. The van der Waals surface area contributed by atoms with Crippen molar-refractivity contribution in [1.82, 2.24) is 0 Å². The molecule has 0 aliphatic rings. The first-order chi connectivity index (χ1) is 8.52. The van der Waals surface area contributed by atoms with Crippen LogP contribution in [0, 0.1) is 6.92 Å². The van der Waals surface area contributed by atoms with Crippen LogP contribution in [-0.4, -0.2) is 22.8 Å². The monoisotopic (exact) mass is 266 g/mol. The lowest BCUT2D eigenvalue weighted by Gasteiger charge is -2.10. The number of rotatable bonds is 6. The molecule has 0 saturated carbocycles. The van der Waals surface area contributed by atoms with Gasteiger partial charge in [0.15, 0.2) is 0 Å². The molecule has 0 aromatic heterocycles. The van der Waals surface area contributed by atoms with Crippen LogP contribution in [0.25, 0.3) is 0 Å². The average molecular weight is 266 g/mol. The minimum Gasteiger partial charge on any atom is -0.369 e. The maximum Gasteiger partial charge on any atom is 0.234 e. The Kier molecular flexibility index (Phi) is 5.71. The number of aryl methyl sites for hydroxylation is 1. The quantitative estimate of drug-likeness (QED) is 0.826. The number of primary amides is 1. The number of hydrogen-bond donors (Lipinski definition) is 2. The van der Waals surface area contributed by atoms with Crippen LogP contribution in [-0.2, 0) is 9.59 Å². The maximum absolute atomic E-state index is 11.7. The lowest BCUT2D eigenvalue weighted by molar-refractivity contribution is -0.117. The molecule has 5 heteroatoms. The molecule has 0 aliphatic heterocycles. The van der Waals surface area contributed by atoms with Crippen molar-refractivity contribution in [3.05, 3.63) is 29.8 Å². The fourth-order valence-electron chi connectivity index (χ4n) is 1.50. The van der Waals surface area contributed by atoms with E-state index in [4.69, 9.17) is 5.73 Å². The van der Waals surface area contributed by atoms with E-state index in [1.165, 1.54) is 11.8 Å². The highest BCUT2D eigenvalue weighted by Crippen LogP contribution is 2.15. The van der Waals surface area contributed by atoms with Crippen LogP contribution in [0.4, 0.5) is 5.69 Å².